The van der Waals surface area contributed by atoms with Gasteiger partial charge < -0.3 is 9.47 Å². The van der Waals surface area contributed by atoms with Crippen LogP contribution in [0.5, 0.6) is 0 Å². The molecule has 42 heavy (non-hydrogen) atoms. The summed E-state index contributed by atoms with van der Waals surface area (Å²) in [4.78, 5) is -0.524. The van der Waals surface area contributed by atoms with Crippen molar-refractivity contribution in [3.8, 4) is 0 Å². The average molecular weight is 641 g/mol. The molecule has 0 saturated carbocycles. The molecule has 0 aliphatic carbocycles. The lowest BCUT2D eigenvalue weighted by molar-refractivity contribution is -0.108. The van der Waals surface area contributed by atoms with Crippen LogP contribution in [0.4, 0.5) is 0 Å². The van der Waals surface area contributed by atoms with Crippen molar-refractivity contribution in [1.82, 2.24) is 0 Å². The smallest absolute Gasteiger partial charge is 0.297 e. The lowest BCUT2D eigenvalue weighted by Gasteiger charge is -2.31. The zero-order valence-corrected chi connectivity index (χ0v) is 25.8. The van der Waals surface area contributed by atoms with E-state index in [9.17, 15) is 25.3 Å². The van der Waals surface area contributed by atoms with Gasteiger partial charge in [-0.25, -0.2) is 0 Å². The van der Waals surface area contributed by atoms with E-state index in [2.05, 4.69) is 0 Å². The topological polar surface area (TPSA) is 149 Å². The van der Waals surface area contributed by atoms with Gasteiger partial charge in [0.2, 0.25) is 0 Å². The highest BCUT2D eigenvalue weighted by Crippen LogP contribution is 2.29. The summed E-state index contributed by atoms with van der Waals surface area (Å²) in [5.41, 5.74) is 2.44. The number of aryl methyl sites for hydroxylation is 3. The number of hydrogen-bond donors (Lipinski definition) is 0. The molecule has 1 saturated heterocycles. The van der Waals surface area contributed by atoms with E-state index >= 15 is 0 Å². The normalized spacial score (nSPS) is 22.0. The third kappa shape index (κ3) is 7.82. The molecule has 1 fully saturated rings. The summed E-state index contributed by atoms with van der Waals surface area (Å²) in [6, 6.07) is 17.5. The molecule has 4 atom stereocenters. The van der Waals surface area contributed by atoms with Crippen LogP contribution in [-0.4, -0.2) is 63.1 Å². The quantitative estimate of drug-likeness (QED) is 0.299. The standard InChI is InChI=1S/C28H32O11S3/c1-19-5-11-23(12-6-19)40(29,30)37-17-26-28(39-42(33,34)25-15-9-21(3)10-16-25)27(22(4)35-18-36-26)38-41(31,32)24-13-7-20(2)8-14-24/h5-16,22,26-28H,17-18H2,1-4H3/t22-,26+,27+,28-/m0/s1. The van der Waals surface area contributed by atoms with Gasteiger partial charge in [0.1, 0.15) is 25.1 Å². The molecule has 14 heteroatoms. The van der Waals surface area contributed by atoms with Crippen molar-refractivity contribution in [2.45, 2.75) is 66.8 Å². The first-order chi connectivity index (χ1) is 19.7. The Labute approximate surface area is 246 Å². The van der Waals surface area contributed by atoms with Crippen LogP contribution in [0.3, 0.4) is 0 Å². The van der Waals surface area contributed by atoms with Gasteiger partial charge in [0.25, 0.3) is 30.4 Å². The zero-order valence-electron chi connectivity index (χ0n) is 23.4. The molecular formula is C28H32O11S3. The highest BCUT2D eigenvalue weighted by molar-refractivity contribution is 7.87. The van der Waals surface area contributed by atoms with Gasteiger partial charge in [-0.2, -0.15) is 25.3 Å². The number of benzene rings is 3. The van der Waals surface area contributed by atoms with E-state index in [-0.39, 0.29) is 14.7 Å². The summed E-state index contributed by atoms with van der Waals surface area (Å²) >= 11 is 0. The van der Waals surface area contributed by atoms with Gasteiger partial charge in [-0.05, 0) is 64.1 Å². The molecule has 0 unspecified atom stereocenters. The second-order valence-electron chi connectivity index (χ2n) is 9.90. The number of ether oxygens (including phenoxy) is 2. The van der Waals surface area contributed by atoms with E-state index in [1.165, 1.54) is 43.3 Å². The third-order valence-electron chi connectivity index (χ3n) is 6.56. The largest absolute Gasteiger partial charge is 0.350 e. The summed E-state index contributed by atoms with van der Waals surface area (Å²) in [5.74, 6) is 0. The van der Waals surface area contributed by atoms with Crippen molar-refractivity contribution in [2.24, 2.45) is 0 Å². The van der Waals surface area contributed by atoms with Crippen LogP contribution in [0.1, 0.15) is 23.6 Å². The first-order valence-corrected chi connectivity index (χ1v) is 17.1. The Bertz CT molecular complexity index is 1680. The minimum Gasteiger partial charge on any atom is -0.350 e. The van der Waals surface area contributed by atoms with E-state index in [1.54, 1.807) is 57.2 Å². The maximum atomic E-state index is 13.4. The fraction of sp³-hybridized carbons (Fsp3) is 0.357. The molecule has 0 aromatic heterocycles. The Hall–Kier alpha value is -2.69. The van der Waals surface area contributed by atoms with E-state index in [1.807, 2.05) is 0 Å². The zero-order chi connectivity index (χ0) is 30.7. The molecule has 0 amide bonds. The Morgan fingerprint density at radius 3 is 1.40 bits per heavy atom. The Morgan fingerprint density at radius 2 is 0.976 bits per heavy atom. The maximum absolute atomic E-state index is 13.4. The first-order valence-electron chi connectivity index (χ1n) is 12.9. The molecule has 3 aromatic rings. The van der Waals surface area contributed by atoms with Gasteiger partial charge in [-0.1, -0.05) is 53.1 Å². The fourth-order valence-electron chi connectivity index (χ4n) is 4.04. The highest BCUT2D eigenvalue weighted by Gasteiger charge is 2.45. The van der Waals surface area contributed by atoms with Crippen molar-refractivity contribution in [3.05, 3.63) is 89.5 Å². The number of rotatable bonds is 10. The van der Waals surface area contributed by atoms with Crippen molar-refractivity contribution < 1.29 is 47.3 Å². The van der Waals surface area contributed by atoms with Crippen LogP contribution < -0.4 is 0 Å². The Balaban J connectivity index is 1.70. The minimum absolute atomic E-state index is 0.133. The monoisotopic (exact) mass is 640 g/mol. The van der Waals surface area contributed by atoms with Gasteiger partial charge >= 0.3 is 0 Å². The summed E-state index contributed by atoms with van der Waals surface area (Å²) < 4.78 is 107. The van der Waals surface area contributed by atoms with Crippen molar-refractivity contribution in [1.29, 1.82) is 0 Å². The van der Waals surface area contributed by atoms with Crippen LogP contribution in [0, 0.1) is 20.8 Å². The second-order valence-corrected chi connectivity index (χ2v) is 14.7. The first kappa shape index (κ1) is 32.2. The molecule has 4 rings (SSSR count). The van der Waals surface area contributed by atoms with E-state index in [0.717, 1.165) is 16.7 Å². The van der Waals surface area contributed by atoms with Crippen LogP contribution in [0.2, 0.25) is 0 Å². The van der Waals surface area contributed by atoms with Gasteiger partial charge in [0.05, 0.1) is 27.4 Å². The SMILES string of the molecule is Cc1ccc(S(=O)(=O)OC[C@H]2OCO[C@@H](C)[C@@H](OS(=O)(=O)c3ccc(C)cc3)[C@H]2OS(=O)(=O)c2ccc(C)cc2)cc1. The predicted octanol–water partition coefficient (Wildman–Crippen LogP) is 3.63. The highest BCUT2D eigenvalue weighted by atomic mass is 32.2. The van der Waals surface area contributed by atoms with E-state index < -0.39 is 68.2 Å². The second kappa shape index (κ2) is 12.9. The average Bonchev–Trinajstić information content (AvgIpc) is 3.06. The molecule has 1 heterocycles. The van der Waals surface area contributed by atoms with Gasteiger partial charge in [-0.15, -0.1) is 0 Å². The van der Waals surface area contributed by atoms with Crippen LogP contribution in [-0.2, 0) is 52.4 Å². The van der Waals surface area contributed by atoms with Crippen molar-refractivity contribution in [2.75, 3.05) is 13.4 Å². The van der Waals surface area contributed by atoms with E-state index in [0.29, 0.717) is 0 Å². The van der Waals surface area contributed by atoms with Crippen molar-refractivity contribution >= 4 is 30.4 Å². The van der Waals surface area contributed by atoms with Crippen LogP contribution >= 0.6 is 0 Å². The Morgan fingerprint density at radius 1 is 0.595 bits per heavy atom. The predicted molar refractivity (Wildman–Crippen MR) is 151 cm³/mol. The maximum Gasteiger partial charge on any atom is 0.297 e. The molecule has 3 aromatic carbocycles. The summed E-state index contributed by atoms with van der Waals surface area (Å²) in [5, 5.41) is 0. The molecule has 0 spiro atoms. The molecule has 1 aliphatic heterocycles. The Kier molecular flexibility index (Phi) is 9.89. The third-order valence-corrected chi connectivity index (χ3v) is 10.5. The molecule has 0 bridgehead atoms. The minimum atomic E-state index is -4.53. The summed E-state index contributed by atoms with van der Waals surface area (Å²) in [6.07, 6.45) is -5.81. The number of hydrogen-bond acceptors (Lipinski definition) is 11. The van der Waals surface area contributed by atoms with Crippen LogP contribution in [0.15, 0.2) is 87.5 Å². The summed E-state index contributed by atoms with van der Waals surface area (Å²) in [6.45, 7) is 5.63. The molecule has 0 N–H and O–H groups in total. The van der Waals surface area contributed by atoms with Gasteiger partial charge in [-0.3, -0.25) is 12.5 Å². The van der Waals surface area contributed by atoms with Gasteiger partial charge in [0.15, 0.2) is 0 Å². The molecule has 1 aliphatic rings. The van der Waals surface area contributed by atoms with Crippen molar-refractivity contribution in [3.63, 3.8) is 0 Å². The fourth-order valence-corrected chi connectivity index (χ4v) is 7.20. The molecule has 11 nitrogen and oxygen atoms in total. The molecular weight excluding hydrogens is 608 g/mol. The van der Waals surface area contributed by atoms with Crippen LogP contribution in [0.25, 0.3) is 0 Å². The van der Waals surface area contributed by atoms with Gasteiger partial charge in [0, 0.05) is 0 Å². The molecule has 228 valence electrons. The lowest BCUT2D eigenvalue weighted by Crippen LogP contribution is -2.49. The molecule has 0 radical (unpaired) electrons. The van der Waals surface area contributed by atoms with E-state index in [4.69, 9.17) is 22.0 Å². The lowest BCUT2D eigenvalue weighted by atomic mass is 10.0. The summed E-state index contributed by atoms with van der Waals surface area (Å²) in [7, 11) is -13.3.